The van der Waals surface area contributed by atoms with Crippen molar-refractivity contribution in [3.63, 3.8) is 0 Å². The highest BCUT2D eigenvalue weighted by molar-refractivity contribution is 5.99. The van der Waals surface area contributed by atoms with Gasteiger partial charge in [0.2, 0.25) is 5.91 Å². The summed E-state index contributed by atoms with van der Waals surface area (Å²) in [5.41, 5.74) is 1.19. The van der Waals surface area contributed by atoms with Crippen LogP contribution in [-0.2, 0) is 9.53 Å². The van der Waals surface area contributed by atoms with Crippen molar-refractivity contribution in [2.45, 2.75) is 26.1 Å². The van der Waals surface area contributed by atoms with Gasteiger partial charge >= 0.3 is 0 Å². The molecule has 2 amide bonds. The third kappa shape index (κ3) is 3.98. The van der Waals surface area contributed by atoms with Crippen LogP contribution in [0.3, 0.4) is 0 Å². The average Bonchev–Trinajstić information content (AvgIpc) is 2.51. The molecule has 1 saturated heterocycles. The number of carbonyl (C=O) groups is 2. The fourth-order valence-corrected chi connectivity index (χ4v) is 2.63. The molecule has 0 radical (unpaired) electrons. The lowest BCUT2D eigenvalue weighted by Crippen LogP contribution is -2.49. The molecule has 1 aliphatic heterocycles. The molecule has 0 bridgehead atoms. The van der Waals surface area contributed by atoms with Crippen LogP contribution < -0.4 is 10.6 Å². The summed E-state index contributed by atoms with van der Waals surface area (Å²) in [4.78, 5) is 25.9. The molecule has 1 fully saturated rings. The molecular weight excluding hydrogens is 282 g/mol. The molecule has 2 rings (SSSR count). The zero-order valence-electron chi connectivity index (χ0n) is 13.3. The monoisotopic (exact) mass is 305 g/mol. The fourth-order valence-electron chi connectivity index (χ4n) is 2.63. The Morgan fingerprint density at radius 3 is 2.50 bits per heavy atom. The van der Waals surface area contributed by atoms with Crippen molar-refractivity contribution in [3.8, 4) is 0 Å². The second-order valence-corrected chi connectivity index (χ2v) is 5.53. The Balaban J connectivity index is 1.98. The largest absolute Gasteiger partial charge is 0.376 e. The van der Waals surface area contributed by atoms with Crippen molar-refractivity contribution in [1.29, 1.82) is 0 Å². The molecule has 0 saturated carbocycles. The van der Waals surface area contributed by atoms with E-state index in [4.69, 9.17) is 4.74 Å². The molecule has 1 aromatic rings. The molecule has 2 atom stereocenters. The van der Waals surface area contributed by atoms with E-state index in [-0.39, 0.29) is 30.6 Å². The van der Waals surface area contributed by atoms with E-state index in [0.717, 1.165) is 0 Å². The molecule has 0 spiro atoms. The number of benzene rings is 1. The number of nitrogens with one attached hydrogen (secondary N) is 2. The van der Waals surface area contributed by atoms with Gasteiger partial charge in [0, 0.05) is 25.8 Å². The number of nitrogens with zero attached hydrogens (tertiary/aromatic N) is 1. The molecule has 1 aromatic carbocycles. The lowest BCUT2D eigenvalue weighted by molar-refractivity contribution is -0.141. The van der Waals surface area contributed by atoms with E-state index in [9.17, 15) is 9.59 Å². The van der Waals surface area contributed by atoms with Crippen LogP contribution in [0.5, 0.6) is 0 Å². The zero-order chi connectivity index (χ0) is 16.1. The first kappa shape index (κ1) is 16.3. The first-order valence-electron chi connectivity index (χ1n) is 7.49. The van der Waals surface area contributed by atoms with Crippen LogP contribution in [0, 0.1) is 0 Å². The number of para-hydroxylation sites is 1. The molecule has 22 heavy (non-hydrogen) atoms. The van der Waals surface area contributed by atoms with Crippen molar-refractivity contribution < 1.29 is 14.3 Å². The molecule has 1 heterocycles. The van der Waals surface area contributed by atoms with Gasteiger partial charge in [-0.3, -0.25) is 9.59 Å². The number of amides is 2. The van der Waals surface area contributed by atoms with Crippen LogP contribution in [0.15, 0.2) is 24.3 Å². The lowest BCUT2D eigenvalue weighted by atomic mass is 10.1. The van der Waals surface area contributed by atoms with Crippen LogP contribution in [-0.4, -0.2) is 55.6 Å². The Labute approximate surface area is 130 Å². The Bertz CT molecular complexity index is 537. The van der Waals surface area contributed by atoms with E-state index in [1.54, 1.807) is 30.1 Å². The predicted octanol–water partition coefficient (Wildman–Crippen LogP) is 1.09. The number of morpholine rings is 1. The Morgan fingerprint density at radius 2 is 1.86 bits per heavy atom. The van der Waals surface area contributed by atoms with E-state index >= 15 is 0 Å². The summed E-state index contributed by atoms with van der Waals surface area (Å²) in [5.74, 6) is -0.169. The first-order chi connectivity index (χ1) is 10.5. The first-order valence-corrected chi connectivity index (χ1v) is 7.49. The van der Waals surface area contributed by atoms with E-state index in [1.165, 1.54) is 0 Å². The molecule has 2 unspecified atom stereocenters. The molecule has 2 N–H and O–H groups in total. The predicted molar refractivity (Wildman–Crippen MR) is 84.9 cm³/mol. The smallest absolute Gasteiger partial charge is 0.253 e. The van der Waals surface area contributed by atoms with Gasteiger partial charge in [-0.25, -0.2) is 0 Å². The van der Waals surface area contributed by atoms with Gasteiger partial charge in [-0.1, -0.05) is 12.1 Å². The van der Waals surface area contributed by atoms with E-state index in [2.05, 4.69) is 10.6 Å². The van der Waals surface area contributed by atoms with E-state index < -0.39 is 0 Å². The van der Waals surface area contributed by atoms with Crippen molar-refractivity contribution >= 4 is 17.5 Å². The lowest BCUT2D eigenvalue weighted by Gasteiger charge is -2.35. The number of hydrogen-bond donors (Lipinski definition) is 2. The summed E-state index contributed by atoms with van der Waals surface area (Å²) in [7, 11) is 1.58. The molecule has 120 valence electrons. The quantitative estimate of drug-likeness (QED) is 0.874. The summed E-state index contributed by atoms with van der Waals surface area (Å²) in [5, 5.41) is 5.66. The van der Waals surface area contributed by atoms with Gasteiger partial charge in [0.05, 0.1) is 24.3 Å². The highest BCUT2D eigenvalue weighted by Gasteiger charge is 2.25. The average molecular weight is 305 g/mol. The highest BCUT2D eigenvalue weighted by Crippen LogP contribution is 2.15. The Kier molecular flexibility index (Phi) is 5.38. The minimum atomic E-state index is -0.177. The normalized spacial score (nSPS) is 21.3. The number of ether oxygens (including phenoxy) is 1. The van der Waals surface area contributed by atoms with E-state index in [0.29, 0.717) is 24.3 Å². The van der Waals surface area contributed by atoms with Crippen molar-refractivity contribution in [3.05, 3.63) is 29.8 Å². The van der Waals surface area contributed by atoms with Gasteiger partial charge < -0.3 is 20.3 Å². The summed E-state index contributed by atoms with van der Waals surface area (Å²) >= 11 is 0. The molecule has 6 nitrogen and oxygen atoms in total. The topological polar surface area (TPSA) is 70.7 Å². The minimum Gasteiger partial charge on any atom is -0.376 e. The third-order valence-electron chi connectivity index (χ3n) is 3.60. The van der Waals surface area contributed by atoms with Crippen LogP contribution in [0.4, 0.5) is 5.69 Å². The molecule has 1 aliphatic rings. The van der Waals surface area contributed by atoms with Crippen LogP contribution in [0.2, 0.25) is 0 Å². The second kappa shape index (κ2) is 7.26. The van der Waals surface area contributed by atoms with Crippen LogP contribution in [0.1, 0.15) is 24.2 Å². The van der Waals surface area contributed by atoms with Gasteiger partial charge in [-0.15, -0.1) is 0 Å². The minimum absolute atomic E-state index is 0.00806. The van der Waals surface area contributed by atoms with Gasteiger partial charge in [0.15, 0.2) is 0 Å². The summed E-state index contributed by atoms with van der Waals surface area (Å²) in [6.07, 6.45) is 0.0942. The maximum absolute atomic E-state index is 12.3. The van der Waals surface area contributed by atoms with Crippen molar-refractivity contribution in [2.24, 2.45) is 0 Å². The second-order valence-electron chi connectivity index (χ2n) is 5.53. The van der Waals surface area contributed by atoms with Gasteiger partial charge in [-0.05, 0) is 26.0 Å². The maximum atomic E-state index is 12.3. The number of hydrogen-bond acceptors (Lipinski definition) is 4. The van der Waals surface area contributed by atoms with Gasteiger partial charge in [0.25, 0.3) is 5.91 Å². The molecular formula is C16H23N3O3. The van der Waals surface area contributed by atoms with Crippen molar-refractivity contribution in [2.75, 3.05) is 32.0 Å². The Hall–Kier alpha value is -2.08. The van der Waals surface area contributed by atoms with Gasteiger partial charge in [0.1, 0.15) is 0 Å². The number of rotatable bonds is 4. The third-order valence-corrected chi connectivity index (χ3v) is 3.60. The molecule has 0 aromatic heterocycles. The number of carbonyl (C=O) groups excluding carboxylic acids is 2. The zero-order valence-corrected chi connectivity index (χ0v) is 13.3. The summed E-state index contributed by atoms with van der Waals surface area (Å²) in [6, 6.07) is 7.15. The van der Waals surface area contributed by atoms with Crippen LogP contribution >= 0.6 is 0 Å². The maximum Gasteiger partial charge on any atom is 0.253 e. The van der Waals surface area contributed by atoms with Gasteiger partial charge in [-0.2, -0.15) is 0 Å². The molecule has 6 heteroatoms. The molecule has 0 aliphatic carbocycles. The number of anilines is 1. The summed E-state index contributed by atoms with van der Waals surface area (Å²) in [6.45, 7) is 5.28. The standard InChI is InChI=1S/C16H23N3O3/c1-11-9-19(10-12(2)22-11)15(20)8-18-14-7-5-4-6-13(14)16(21)17-3/h4-7,11-12,18H,8-10H2,1-3H3,(H,17,21). The van der Waals surface area contributed by atoms with Crippen LogP contribution in [0.25, 0.3) is 0 Å². The fraction of sp³-hybridized carbons (Fsp3) is 0.500. The highest BCUT2D eigenvalue weighted by atomic mass is 16.5. The van der Waals surface area contributed by atoms with Crippen molar-refractivity contribution in [1.82, 2.24) is 10.2 Å². The Morgan fingerprint density at radius 1 is 1.23 bits per heavy atom. The SMILES string of the molecule is CNC(=O)c1ccccc1NCC(=O)N1CC(C)OC(C)C1. The van der Waals surface area contributed by atoms with E-state index in [1.807, 2.05) is 19.9 Å². The summed E-state index contributed by atoms with van der Waals surface area (Å²) < 4.78 is 5.63.